The van der Waals surface area contributed by atoms with Gasteiger partial charge in [0.2, 0.25) is 0 Å². The van der Waals surface area contributed by atoms with Gasteiger partial charge in [0.05, 0.1) is 16.4 Å². The van der Waals surface area contributed by atoms with E-state index in [1.165, 1.54) is 0 Å². The number of aliphatic hydroxyl groups excluding tert-OH is 1. The van der Waals surface area contributed by atoms with Gasteiger partial charge in [-0.3, -0.25) is 4.68 Å². The van der Waals surface area contributed by atoms with Gasteiger partial charge in [-0.25, -0.2) is 0 Å². The highest BCUT2D eigenvalue weighted by Crippen LogP contribution is 2.31. The van der Waals surface area contributed by atoms with Crippen LogP contribution in [0.15, 0.2) is 21.4 Å². The van der Waals surface area contributed by atoms with Gasteiger partial charge in [-0.2, -0.15) is 16.4 Å². The maximum atomic E-state index is 10.5. The number of aromatic nitrogens is 2. The van der Waals surface area contributed by atoms with Gasteiger partial charge in [0.25, 0.3) is 0 Å². The van der Waals surface area contributed by atoms with Crippen LogP contribution in [0.2, 0.25) is 0 Å². The smallest absolute Gasteiger partial charge is 0.123 e. The second-order valence-corrected chi connectivity index (χ2v) is 5.61. The van der Waals surface area contributed by atoms with Crippen LogP contribution in [0.1, 0.15) is 36.3 Å². The van der Waals surface area contributed by atoms with Crippen LogP contribution in [0.5, 0.6) is 0 Å². The summed E-state index contributed by atoms with van der Waals surface area (Å²) in [6.07, 6.45) is 2.14. The molecule has 0 fully saturated rings. The third kappa shape index (κ3) is 2.46. The molecule has 3 nitrogen and oxygen atoms in total. The van der Waals surface area contributed by atoms with Gasteiger partial charge in [0.15, 0.2) is 0 Å². The average Bonchev–Trinajstić information content (AvgIpc) is 2.86. The van der Waals surface area contributed by atoms with E-state index in [1.807, 2.05) is 22.4 Å². The van der Waals surface area contributed by atoms with Gasteiger partial charge in [0.1, 0.15) is 6.10 Å². The monoisotopic (exact) mass is 314 g/mol. The lowest BCUT2D eigenvalue weighted by atomic mass is 10.1. The number of rotatable bonds is 4. The molecule has 2 heterocycles. The van der Waals surface area contributed by atoms with Gasteiger partial charge in [-0.1, -0.05) is 6.92 Å². The Balaban J connectivity index is 2.39. The van der Waals surface area contributed by atoms with Crippen molar-refractivity contribution in [3.8, 4) is 0 Å². The number of nitrogens with zero attached hydrogens (tertiary/aromatic N) is 2. The molecule has 2 rings (SSSR count). The maximum absolute atomic E-state index is 10.5. The molecule has 92 valence electrons. The first kappa shape index (κ1) is 12.8. The quantitative estimate of drug-likeness (QED) is 0.937. The second kappa shape index (κ2) is 5.33. The highest BCUT2D eigenvalue weighted by Gasteiger charge is 2.21. The third-order valence-corrected chi connectivity index (χ3v) is 4.21. The zero-order valence-corrected chi connectivity index (χ0v) is 12.3. The van der Waals surface area contributed by atoms with Crippen LogP contribution >= 0.6 is 27.3 Å². The van der Waals surface area contributed by atoms with Crippen molar-refractivity contribution >= 4 is 27.3 Å². The topological polar surface area (TPSA) is 38.0 Å². The molecular weight excluding hydrogens is 300 g/mol. The van der Waals surface area contributed by atoms with E-state index in [4.69, 9.17) is 0 Å². The lowest BCUT2D eigenvalue weighted by Gasteiger charge is -2.14. The second-order valence-electron chi connectivity index (χ2n) is 4.01. The molecule has 17 heavy (non-hydrogen) atoms. The SMILES string of the molecule is CCCn1ncc(Br)c1C(O)c1cscc1C. The normalized spacial score (nSPS) is 12.9. The fourth-order valence-electron chi connectivity index (χ4n) is 1.83. The summed E-state index contributed by atoms with van der Waals surface area (Å²) < 4.78 is 2.73. The molecule has 0 aliphatic rings. The van der Waals surface area contributed by atoms with Crippen molar-refractivity contribution in [1.29, 1.82) is 0 Å². The van der Waals surface area contributed by atoms with Crippen LogP contribution in [-0.4, -0.2) is 14.9 Å². The Hall–Kier alpha value is -0.650. The van der Waals surface area contributed by atoms with Crippen molar-refractivity contribution in [2.45, 2.75) is 32.9 Å². The molecule has 0 aliphatic heterocycles. The van der Waals surface area contributed by atoms with E-state index in [9.17, 15) is 5.11 Å². The van der Waals surface area contributed by atoms with Gasteiger partial charge < -0.3 is 5.11 Å². The minimum Gasteiger partial charge on any atom is -0.382 e. The summed E-state index contributed by atoms with van der Waals surface area (Å²) in [6.45, 7) is 4.94. The minimum absolute atomic E-state index is 0.607. The van der Waals surface area contributed by atoms with Crippen LogP contribution in [0.3, 0.4) is 0 Å². The molecule has 0 saturated carbocycles. The molecule has 0 aliphatic carbocycles. The molecule has 0 spiro atoms. The van der Waals surface area contributed by atoms with Crippen LogP contribution < -0.4 is 0 Å². The maximum Gasteiger partial charge on any atom is 0.123 e. The van der Waals surface area contributed by atoms with E-state index in [-0.39, 0.29) is 0 Å². The molecule has 1 atom stereocenters. The lowest BCUT2D eigenvalue weighted by molar-refractivity contribution is 0.206. The van der Waals surface area contributed by atoms with E-state index < -0.39 is 6.10 Å². The highest BCUT2D eigenvalue weighted by molar-refractivity contribution is 9.10. The summed E-state index contributed by atoms with van der Waals surface area (Å²) in [5, 5.41) is 18.8. The molecule has 0 aromatic carbocycles. The van der Waals surface area contributed by atoms with E-state index in [0.29, 0.717) is 0 Å². The van der Waals surface area contributed by atoms with E-state index >= 15 is 0 Å². The van der Waals surface area contributed by atoms with Crippen molar-refractivity contribution in [2.24, 2.45) is 0 Å². The fourth-order valence-corrected chi connectivity index (χ4v) is 3.21. The minimum atomic E-state index is -0.607. The zero-order chi connectivity index (χ0) is 12.4. The summed E-state index contributed by atoms with van der Waals surface area (Å²) in [7, 11) is 0. The molecule has 1 N–H and O–H groups in total. The first-order valence-corrected chi connectivity index (χ1v) is 7.30. The molecule has 0 amide bonds. The van der Waals surface area contributed by atoms with Crippen molar-refractivity contribution < 1.29 is 5.11 Å². The van der Waals surface area contributed by atoms with Gasteiger partial charge in [0, 0.05) is 12.1 Å². The van der Waals surface area contributed by atoms with Crippen molar-refractivity contribution in [2.75, 3.05) is 0 Å². The summed E-state index contributed by atoms with van der Waals surface area (Å²) in [6, 6.07) is 0. The van der Waals surface area contributed by atoms with Crippen LogP contribution in [-0.2, 0) is 6.54 Å². The summed E-state index contributed by atoms with van der Waals surface area (Å²) in [5.74, 6) is 0. The summed E-state index contributed by atoms with van der Waals surface area (Å²) >= 11 is 5.07. The fraction of sp³-hybridized carbons (Fsp3) is 0.417. The van der Waals surface area contributed by atoms with E-state index in [1.54, 1.807) is 17.5 Å². The van der Waals surface area contributed by atoms with Crippen LogP contribution in [0, 0.1) is 6.92 Å². The number of hydrogen-bond acceptors (Lipinski definition) is 3. The highest BCUT2D eigenvalue weighted by atomic mass is 79.9. The number of thiophene rings is 1. The predicted octanol–water partition coefficient (Wildman–Crippen LogP) is 3.51. The standard InChI is InChI=1S/C12H15BrN2OS/c1-3-4-15-11(10(13)5-14-15)12(16)9-7-17-6-8(9)2/h5-7,12,16H,3-4H2,1-2H3. The molecule has 0 saturated heterocycles. The van der Waals surface area contributed by atoms with Crippen molar-refractivity contribution in [3.05, 3.63) is 38.3 Å². The largest absolute Gasteiger partial charge is 0.382 e. The Labute approximate surface area is 113 Å². The van der Waals surface area contributed by atoms with Gasteiger partial charge >= 0.3 is 0 Å². The molecule has 0 bridgehead atoms. The Morgan fingerprint density at radius 3 is 2.88 bits per heavy atom. The Bertz CT molecular complexity index is 506. The molecular formula is C12H15BrN2OS. The number of hydrogen-bond donors (Lipinski definition) is 1. The molecule has 0 radical (unpaired) electrons. The average molecular weight is 315 g/mol. The van der Waals surface area contributed by atoms with E-state index in [0.717, 1.165) is 34.3 Å². The van der Waals surface area contributed by atoms with Crippen molar-refractivity contribution in [1.82, 2.24) is 9.78 Å². The van der Waals surface area contributed by atoms with Crippen molar-refractivity contribution in [3.63, 3.8) is 0 Å². The summed E-state index contributed by atoms with van der Waals surface area (Å²) in [5.41, 5.74) is 2.93. The van der Waals surface area contributed by atoms with Crippen LogP contribution in [0.25, 0.3) is 0 Å². The predicted molar refractivity (Wildman–Crippen MR) is 73.3 cm³/mol. The van der Waals surface area contributed by atoms with Gasteiger partial charge in [-0.05, 0) is 45.6 Å². The third-order valence-electron chi connectivity index (χ3n) is 2.72. The number of aliphatic hydroxyl groups is 1. The lowest BCUT2D eigenvalue weighted by Crippen LogP contribution is -2.10. The first-order chi connectivity index (χ1) is 8.15. The first-order valence-electron chi connectivity index (χ1n) is 5.57. The molecule has 2 aromatic heterocycles. The number of halogens is 1. The van der Waals surface area contributed by atoms with E-state index in [2.05, 4.69) is 28.0 Å². The Morgan fingerprint density at radius 1 is 1.53 bits per heavy atom. The molecule has 5 heteroatoms. The molecule has 2 aromatic rings. The van der Waals surface area contributed by atoms with Gasteiger partial charge in [-0.15, -0.1) is 0 Å². The summed E-state index contributed by atoms with van der Waals surface area (Å²) in [4.78, 5) is 0. The zero-order valence-electron chi connectivity index (χ0n) is 9.85. The molecule has 1 unspecified atom stereocenters. The Kier molecular flexibility index (Phi) is 4.01. The van der Waals surface area contributed by atoms with Crippen LogP contribution in [0.4, 0.5) is 0 Å². The Morgan fingerprint density at radius 2 is 2.29 bits per heavy atom. The number of aryl methyl sites for hydroxylation is 2.